The SMILES string of the molecule is Cc1cccc(N(CC(=O)N[C@H](CC(C)C)c2ccccc2)S(=O)(=O)c2ccc(Cl)cc2)c1. The van der Waals surface area contributed by atoms with Crippen LogP contribution in [-0.2, 0) is 14.8 Å². The summed E-state index contributed by atoms with van der Waals surface area (Å²) in [4.78, 5) is 13.2. The molecule has 3 rings (SSSR count). The van der Waals surface area contributed by atoms with E-state index in [1.807, 2.05) is 43.3 Å². The zero-order valence-corrected chi connectivity index (χ0v) is 20.6. The maximum atomic E-state index is 13.5. The average molecular weight is 485 g/mol. The summed E-state index contributed by atoms with van der Waals surface area (Å²) in [5.74, 6) is -0.0234. The van der Waals surface area contributed by atoms with Gasteiger partial charge >= 0.3 is 0 Å². The largest absolute Gasteiger partial charge is 0.348 e. The Labute approximate surface area is 201 Å². The first-order chi connectivity index (χ1) is 15.7. The van der Waals surface area contributed by atoms with Crippen molar-refractivity contribution in [2.24, 2.45) is 5.92 Å². The first kappa shape index (κ1) is 24.8. The van der Waals surface area contributed by atoms with Gasteiger partial charge in [0.05, 0.1) is 16.6 Å². The number of anilines is 1. The molecule has 7 heteroatoms. The smallest absolute Gasteiger partial charge is 0.264 e. The van der Waals surface area contributed by atoms with Crippen molar-refractivity contribution in [3.8, 4) is 0 Å². The number of carbonyl (C=O) groups excluding carboxylic acids is 1. The summed E-state index contributed by atoms with van der Waals surface area (Å²) in [6.45, 7) is 5.72. The normalized spacial score (nSPS) is 12.4. The summed E-state index contributed by atoms with van der Waals surface area (Å²) in [7, 11) is -3.99. The van der Waals surface area contributed by atoms with E-state index in [0.29, 0.717) is 16.6 Å². The molecule has 0 unspecified atom stereocenters. The summed E-state index contributed by atoms with van der Waals surface area (Å²) in [6, 6.07) is 22.6. The highest BCUT2D eigenvalue weighted by Crippen LogP contribution is 2.26. The van der Waals surface area contributed by atoms with Crippen LogP contribution in [0.1, 0.15) is 37.4 Å². The van der Waals surface area contributed by atoms with Gasteiger partial charge in [-0.25, -0.2) is 8.42 Å². The minimum Gasteiger partial charge on any atom is -0.348 e. The summed E-state index contributed by atoms with van der Waals surface area (Å²) < 4.78 is 28.2. The predicted octanol–water partition coefficient (Wildman–Crippen LogP) is 5.75. The first-order valence-corrected chi connectivity index (χ1v) is 12.7. The molecule has 0 saturated heterocycles. The van der Waals surface area contributed by atoms with Crippen LogP contribution in [0.2, 0.25) is 5.02 Å². The van der Waals surface area contributed by atoms with Gasteiger partial charge in [-0.05, 0) is 66.8 Å². The van der Waals surface area contributed by atoms with Gasteiger partial charge in [0.15, 0.2) is 0 Å². The Hall–Kier alpha value is -2.83. The van der Waals surface area contributed by atoms with Crippen molar-refractivity contribution >= 4 is 33.2 Å². The average Bonchev–Trinajstić information content (AvgIpc) is 2.77. The van der Waals surface area contributed by atoms with Gasteiger partial charge in [0.25, 0.3) is 10.0 Å². The van der Waals surface area contributed by atoms with Crippen LogP contribution in [0.25, 0.3) is 0 Å². The lowest BCUT2D eigenvalue weighted by atomic mass is 9.97. The monoisotopic (exact) mass is 484 g/mol. The van der Waals surface area contributed by atoms with E-state index in [4.69, 9.17) is 11.6 Å². The highest BCUT2D eigenvalue weighted by molar-refractivity contribution is 7.92. The third-order valence-electron chi connectivity index (χ3n) is 5.22. The number of nitrogens with one attached hydrogen (secondary N) is 1. The fraction of sp³-hybridized carbons (Fsp3) is 0.269. The standard InChI is InChI=1S/C26H29ClN2O3S/c1-19(2)16-25(21-9-5-4-6-10-21)28-26(30)18-29(23-11-7-8-20(3)17-23)33(31,32)24-14-12-22(27)13-15-24/h4-15,17,19,25H,16,18H2,1-3H3,(H,28,30)/t25-/m1/s1. The molecule has 0 aliphatic rings. The zero-order valence-electron chi connectivity index (χ0n) is 19.0. The summed E-state index contributed by atoms with van der Waals surface area (Å²) in [5, 5.41) is 3.48. The Morgan fingerprint density at radius 3 is 2.24 bits per heavy atom. The number of sulfonamides is 1. The fourth-order valence-corrected chi connectivity index (χ4v) is 5.18. The maximum absolute atomic E-state index is 13.5. The van der Waals surface area contributed by atoms with Crippen molar-refractivity contribution in [3.05, 3.63) is 95.0 Å². The second-order valence-electron chi connectivity index (χ2n) is 8.46. The second-order valence-corrected chi connectivity index (χ2v) is 10.8. The molecule has 0 aliphatic heterocycles. The van der Waals surface area contributed by atoms with E-state index in [0.717, 1.165) is 21.9 Å². The van der Waals surface area contributed by atoms with Crippen molar-refractivity contribution in [2.75, 3.05) is 10.8 Å². The van der Waals surface area contributed by atoms with E-state index in [1.54, 1.807) is 18.2 Å². The van der Waals surface area contributed by atoms with Crippen molar-refractivity contribution in [1.82, 2.24) is 5.32 Å². The Morgan fingerprint density at radius 1 is 0.970 bits per heavy atom. The molecular formula is C26H29ClN2O3S. The van der Waals surface area contributed by atoms with E-state index in [1.165, 1.54) is 24.3 Å². The number of amides is 1. The fourth-order valence-electron chi connectivity index (χ4n) is 3.64. The van der Waals surface area contributed by atoms with Gasteiger partial charge in [-0.15, -0.1) is 0 Å². The van der Waals surface area contributed by atoms with Crippen LogP contribution >= 0.6 is 11.6 Å². The van der Waals surface area contributed by atoms with Crippen molar-refractivity contribution in [1.29, 1.82) is 0 Å². The van der Waals surface area contributed by atoms with Crippen LogP contribution in [0, 0.1) is 12.8 Å². The molecule has 0 aromatic heterocycles. The van der Waals surface area contributed by atoms with E-state index in [9.17, 15) is 13.2 Å². The predicted molar refractivity (Wildman–Crippen MR) is 134 cm³/mol. The summed E-state index contributed by atoms with van der Waals surface area (Å²) in [6.07, 6.45) is 0.740. The molecule has 0 saturated carbocycles. The first-order valence-electron chi connectivity index (χ1n) is 10.9. The lowest BCUT2D eigenvalue weighted by Gasteiger charge is -2.27. The quantitative estimate of drug-likeness (QED) is 0.420. The second kappa shape index (κ2) is 10.9. The molecule has 0 bridgehead atoms. The van der Waals surface area contributed by atoms with Crippen molar-refractivity contribution in [3.63, 3.8) is 0 Å². The Kier molecular flexibility index (Phi) is 8.16. The molecule has 0 aliphatic carbocycles. The molecule has 1 amide bonds. The van der Waals surface area contributed by atoms with Gasteiger partial charge < -0.3 is 5.32 Å². The number of halogens is 1. The third-order valence-corrected chi connectivity index (χ3v) is 7.26. The van der Waals surface area contributed by atoms with Gasteiger partial charge in [-0.3, -0.25) is 9.10 Å². The van der Waals surface area contributed by atoms with Crippen molar-refractivity contribution < 1.29 is 13.2 Å². The Balaban J connectivity index is 1.92. The number of carbonyl (C=O) groups is 1. The highest BCUT2D eigenvalue weighted by Gasteiger charge is 2.28. The number of rotatable bonds is 9. The van der Waals surface area contributed by atoms with Crippen LogP contribution < -0.4 is 9.62 Å². The van der Waals surface area contributed by atoms with Crippen molar-refractivity contribution in [2.45, 2.75) is 38.1 Å². The van der Waals surface area contributed by atoms with Crippen LogP contribution in [-0.4, -0.2) is 20.9 Å². The topological polar surface area (TPSA) is 66.5 Å². The molecule has 0 radical (unpaired) electrons. The molecular weight excluding hydrogens is 456 g/mol. The molecule has 1 atom stereocenters. The van der Waals surface area contributed by atoms with Crippen LogP contribution in [0.4, 0.5) is 5.69 Å². The summed E-state index contributed by atoms with van der Waals surface area (Å²) in [5.41, 5.74) is 2.31. The van der Waals surface area contributed by atoms with E-state index < -0.39 is 10.0 Å². The lowest BCUT2D eigenvalue weighted by Crippen LogP contribution is -2.42. The zero-order chi connectivity index (χ0) is 24.0. The maximum Gasteiger partial charge on any atom is 0.264 e. The highest BCUT2D eigenvalue weighted by atomic mass is 35.5. The molecule has 33 heavy (non-hydrogen) atoms. The van der Waals surface area contributed by atoms with Gasteiger partial charge in [-0.1, -0.05) is 67.9 Å². The number of hydrogen-bond donors (Lipinski definition) is 1. The number of hydrogen-bond acceptors (Lipinski definition) is 3. The minimum atomic E-state index is -3.99. The molecule has 3 aromatic carbocycles. The molecule has 1 N–H and O–H groups in total. The number of aryl methyl sites for hydroxylation is 1. The molecule has 0 heterocycles. The van der Waals surface area contributed by atoms with E-state index in [-0.39, 0.29) is 23.4 Å². The van der Waals surface area contributed by atoms with E-state index >= 15 is 0 Å². The molecule has 5 nitrogen and oxygen atoms in total. The lowest BCUT2D eigenvalue weighted by molar-refractivity contribution is -0.120. The van der Waals surface area contributed by atoms with E-state index in [2.05, 4.69) is 19.2 Å². The molecule has 3 aromatic rings. The van der Waals surface area contributed by atoms with Gasteiger partial charge in [0.1, 0.15) is 6.54 Å². The molecule has 0 fully saturated rings. The Bertz CT molecular complexity index is 1180. The Morgan fingerprint density at radius 2 is 1.64 bits per heavy atom. The van der Waals surface area contributed by atoms with Crippen LogP contribution in [0.15, 0.2) is 83.8 Å². The van der Waals surface area contributed by atoms with Crippen LogP contribution in [0.3, 0.4) is 0 Å². The summed E-state index contributed by atoms with van der Waals surface area (Å²) >= 11 is 5.95. The van der Waals surface area contributed by atoms with Gasteiger partial charge in [0, 0.05) is 5.02 Å². The van der Waals surface area contributed by atoms with Crippen LogP contribution in [0.5, 0.6) is 0 Å². The number of nitrogens with zero attached hydrogens (tertiary/aromatic N) is 1. The van der Waals surface area contributed by atoms with Gasteiger partial charge in [0.2, 0.25) is 5.91 Å². The van der Waals surface area contributed by atoms with Gasteiger partial charge in [-0.2, -0.15) is 0 Å². The number of benzene rings is 3. The molecule has 174 valence electrons. The third kappa shape index (κ3) is 6.59. The minimum absolute atomic E-state index is 0.0722. The molecule has 0 spiro atoms.